The van der Waals surface area contributed by atoms with Crippen molar-refractivity contribution < 1.29 is 4.79 Å². The Morgan fingerprint density at radius 2 is 2.04 bits per heavy atom. The maximum absolute atomic E-state index is 11.3. The maximum Gasteiger partial charge on any atom is 0.241 e. The van der Waals surface area contributed by atoms with Crippen LogP contribution >= 0.6 is 0 Å². The van der Waals surface area contributed by atoms with Crippen molar-refractivity contribution in [2.24, 2.45) is 0 Å². The van der Waals surface area contributed by atoms with Crippen LogP contribution in [0.15, 0.2) is 49.1 Å². The van der Waals surface area contributed by atoms with Gasteiger partial charge in [0.15, 0.2) is 0 Å². The Labute approximate surface area is 161 Å². The Bertz CT molecular complexity index is 1190. The molecular formula is C20H21N7O. The molecule has 0 radical (unpaired) electrons. The van der Waals surface area contributed by atoms with Crippen LogP contribution in [0.4, 0.5) is 5.95 Å². The molecule has 4 aromatic rings. The van der Waals surface area contributed by atoms with Gasteiger partial charge in [-0.25, -0.2) is 14.0 Å². The molecule has 0 atom stereocenters. The van der Waals surface area contributed by atoms with E-state index in [9.17, 15) is 4.79 Å². The van der Waals surface area contributed by atoms with E-state index in [1.807, 2.05) is 45.8 Å². The van der Waals surface area contributed by atoms with E-state index in [4.69, 9.17) is 0 Å². The van der Waals surface area contributed by atoms with Gasteiger partial charge in [0.2, 0.25) is 11.9 Å². The summed E-state index contributed by atoms with van der Waals surface area (Å²) in [7, 11) is 0. The van der Waals surface area contributed by atoms with Crippen molar-refractivity contribution in [1.82, 2.24) is 29.5 Å². The number of rotatable bonds is 4. The molecule has 1 fully saturated rings. The molecule has 4 heterocycles. The third-order valence-corrected chi connectivity index (χ3v) is 5.33. The van der Waals surface area contributed by atoms with Crippen molar-refractivity contribution in [3.63, 3.8) is 0 Å². The van der Waals surface area contributed by atoms with E-state index in [1.54, 1.807) is 13.1 Å². The molecule has 1 aliphatic rings. The molecule has 1 amide bonds. The van der Waals surface area contributed by atoms with Gasteiger partial charge in [-0.15, -0.1) is 5.10 Å². The number of nitrogens with one attached hydrogen (secondary N) is 2. The highest BCUT2D eigenvalue weighted by molar-refractivity contribution is 5.82. The molecule has 8 nitrogen and oxygen atoms in total. The fourth-order valence-corrected chi connectivity index (χ4v) is 4.14. The monoisotopic (exact) mass is 375 g/mol. The third-order valence-electron chi connectivity index (χ3n) is 5.33. The van der Waals surface area contributed by atoms with Gasteiger partial charge in [0, 0.05) is 42.7 Å². The Kier molecular flexibility index (Phi) is 3.61. The molecule has 28 heavy (non-hydrogen) atoms. The molecule has 1 aliphatic carbocycles. The molecule has 0 aliphatic heterocycles. The summed E-state index contributed by atoms with van der Waals surface area (Å²) in [6.45, 7) is 3.61. The van der Waals surface area contributed by atoms with E-state index < -0.39 is 0 Å². The zero-order valence-corrected chi connectivity index (χ0v) is 15.8. The Morgan fingerprint density at radius 1 is 1.21 bits per heavy atom. The van der Waals surface area contributed by atoms with Crippen LogP contribution in [0.3, 0.4) is 0 Å². The summed E-state index contributed by atoms with van der Waals surface area (Å²) < 4.78 is 3.69. The summed E-state index contributed by atoms with van der Waals surface area (Å²) in [5.41, 5.74) is 4.04. The van der Waals surface area contributed by atoms with Gasteiger partial charge in [0.05, 0.1) is 17.2 Å². The summed E-state index contributed by atoms with van der Waals surface area (Å²) >= 11 is 0. The summed E-state index contributed by atoms with van der Waals surface area (Å²) in [6, 6.07) is 8.43. The largest absolute Gasteiger partial charge is 0.351 e. The summed E-state index contributed by atoms with van der Waals surface area (Å²) in [4.78, 5) is 15.8. The first-order valence-electron chi connectivity index (χ1n) is 9.33. The average Bonchev–Trinajstić information content (AvgIpc) is 3.25. The van der Waals surface area contributed by atoms with Gasteiger partial charge in [-0.1, -0.05) is 0 Å². The van der Waals surface area contributed by atoms with Crippen LogP contribution in [0.5, 0.6) is 0 Å². The first kappa shape index (κ1) is 16.7. The maximum atomic E-state index is 11.3. The average molecular weight is 375 g/mol. The fourth-order valence-electron chi connectivity index (χ4n) is 4.14. The number of fused-ring (bicyclic) bond motifs is 2. The lowest BCUT2D eigenvalue weighted by molar-refractivity contribution is -0.121. The quantitative estimate of drug-likeness (QED) is 0.572. The van der Waals surface area contributed by atoms with E-state index in [0.29, 0.717) is 5.95 Å². The molecule has 8 heteroatoms. The molecular weight excluding hydrogens is 354 g/mol. The van der Waals surface area contributed by atoms with E-state index in [2.05, 4.69) is 38.8 Å². The van der Waals surface area contributed by atoms with Crippen molar-refractivity contribution in [2.45, 2.75) is 38.3 Å². The van der Waals surface area contributed by atoms with E-state index in [1.165, 1.54) is 0 Å². The van der Waals surface area contributed by atoms with E-state index in [0.717, 1.165) is 35.0 Å². The van der Waals surface area contributed by atoms with Crippen molar-refractivity contribution >= 4 is 22.9 Å². The SMILES string of the molecule is CC(=O)N[C@]1(C)C[C@@H](Nc2ncc3c(-c4ccn5nccc5c4)ccn3n2)C1. The zero-order chi connectivity index (χ0) is 19.3. The number of aromatic nitrogens is 5. The number of carbonyl (C=O) groups excluding carboxylic acids is 1. The van der Waals surface area contributed by atoms with Gasteiger partial charge in [0.25, 0.3) is 0 Å². The second-order valence-corrected chi connectivity index (χ2v) is 7.75. The minimum Gasteiger partial charge on any atom is -0.351 e. The lowest BCUT2D eigenvalue weighted by Crippen LogP contribution is -2.59. The first-order valence-corrected chi connectivity index (χ1v) is 9.33. The molecule has 0 saturated heterocycles. The molecule has 1 saturated carbocycles. The summed E-state index contributed by atoms with van der Waals surface area (Å²) in [5.74, 6) is 0.600. The Balaban J connectivity index is 1.36. The third kappa shape index (κ3) is 2.87. The smallest absolute Gasteiger partial charge is 0.241 e. The molecule has 4 aromatic heterocycles. The second kappa shape index (κ2) is 6.05. The Morgan fingerprint density at radius 3 is 2.86 bits per heavy atom. The standard InChI is InChI=1S/C20H21N7O/c1-13(28)24-20(2)10-15(11-20)23-19-21-12-18-17(5-8-27(18)25-19)14-4-7-26-16(9-14)3-6-22-26/h3-9,12,15H,10-11H2,1-2H3,(H,23,25)(H,24,28)/t15-,20-. The predicted molar refractivity (Wildman–Crippen MR) is 106 cm³/mol. The number of pyridine rings is 1. The highest BCUT2D eigenvalue weighted by atomic mass is 16.1. The van der Waals surface area contributed by atoms with Gasteiger partial charge >= 0.3 is 0 Å². The number of carbonyl (C=O) groups is 1. The van der Waals surface area contributed by atoms with Crippen LogP contribution in [0.25, 0.3) is 22.2 Å². The molecule has 0 unspecified atom stereocenters. The number of amides is 1. The molecule has 2 N–H and O–H groups in total. The molecule has 142 valence electrons. The molecule has 5 rings (SSSR count). The number of hydrogen-bond acceptors (Lipinski definition) is 5. The number of anilines is 1. The minimum absolute atomic E-state index is 0.00704. The predicted octanol–water partition coefficient (Wildman–Crippen LogP) is 2.51. The fraction of sp³-hybridized carbons (Fsp3) is 0.300. The molecule has 0 aromatic carbocycles. The highest BCUT2D eigenvalue weighted by Crippen LogP contribution is 2.33. The van der Waals surface area contributed by atoms with Crippen LogP contribution in [-0.4, -0.2) is 41.7 Å². The minimum atomic E-state index is -0.138. The van der Waals surface area contributed by atoms with Crippen molar-refractivity contribution in [3.05, 3.63) is 49.1 Å². The van der Waals surface area contributed by atoms with Gasteiger partial charge in [-0.05, 0) is 49.6 Å². The van der Waals surface area contributed by atoms with Gasteiger partial charge in [0.1, 0.15) is 0 Å². The highest BCUT2D eigenvalue weighted by Gasteiger charge is 2.41. The van der Waals surface area contributed by atoms with Crippen LogP contribution in [-0.2, 0) is 4.79 Å². The lowest BCUT2D eigenvalue weighted by atomic mass is 9.74. The molecule has 0 spiro atoms. The van der Waals surface area contributed by atoms with Crippen LogP contribution < -0.4 is 10.6 Å². The lowest BCUT2D eigenvalue weighted by Gasteiger charge is -2.45. The van der Waals surface area contributed by atoms with Crippen molar-refractivity contribution in [1.29, 1.82) is 0 Å². The summed E-state index contributed by atoms with van der Waals surface area (Å²) in [5, 5.41) is 15.2. The normalized spacial score (nSPS) is 21.6. The van der Waals surface area contributed by atoms with E-state index in [-0.39, 0.29) is 17.5 Å². The van der Waals surface area contributed by atoms with Crippen LogP contribution in [0.2, 0.25) is 0 Å². The molecule has 0 bridgehead atoms. The zero-order valence-electron chi connectivity index (χ0n) is 15.8. The summed E-state index contributed by atoms with van der Waals surface area (Å²) in [6.07, 6.45) is 9.24. The Hall–Kier alpha value is -3.42. The van der Waals surface area contributed by atoms with Gasteiger partial charge in [-0.3, -0.25) is 4.79 Å². The van der Waals surface area contributed by atoms with Crippen LogP contribution in [0, 0.1) is 0 Å². The number of hydrogen-bond donors (Lipinski definition) is 2. The van der Waals surface area contributed by atoms with Gasteiger partial charge in [-0.2, -0.15) is 5.10 Å². The first-order chi connectivity index (χ1) is 13.5. The van der Waals surface area contributed by atoms with Gasteiger partial charge < -0.3 is 10.6 Å². The van der Waals surface area contributed by atoms with E-state index >= 15 is 0 Å². The van der Waals surface area contributed by atoms with Crippen molar-refractivity contribution in [3.8, 4) is 11.1 Å². The topological polar surface area (TPSA) is 88.6 Å². The second-order valence-electron chi connectivity index (χ2n) is 7.75. The van der Waals surface area contributed by atoms with Crippen molar-refractivity contribution in [2.75, 3.05) is 5.32 Å². The number of nitrogens with zero attached hydrogens (tertiary/aromatic N) is 5. The van der Waals surface area contributed by atoms with Crippen LogP contribution in [0.1, 0.15) is 26.7 Å².